The molecular weight excluding hydrogens is 478 g/mol. The van der Waals surface area contributed by atoms with E-state index in [1.807, 2.05) is 50.2 Å². The van der Waals surface area contributed by atoms with Gasteiger partial charge in [-0.3, -0.25) is 4.79 Å². The van der Waals surface area contributed by atoms with Crippen molar-refractivity contribution in [1.29, 1.82) is 0 Å². The van der Waals surface area contributed by atoms with Gasteiger partial charge in [0.2, 0.25) is 16.8 Å². The summed E-state index contributed by atoms with van der Waals surface area (Å²) in [5.41, 5.74) is 7.25. The Morgan fingerprint density at radius 2 is 1.61 bits per heavy atom. The third kappa shape index (κ3) is 5.75. The van der Waals surface area contributed by atoms with Gasteiger partial charge in [0.15, 0.2) is 11.5 Å². The molecule has 8 nitrogen and oxygen atoms in total. The normalized spacial score (nSPS) is 12.9. The van der Waals surface area contributed by atoms with Gasteiger partial charge in [-0.05, 0) is 68.1 Å². The monoisotopic (exact) mass is 507 g/mol. The predicted molar refractivity (Wildman–Crippen MR) is 138 cm³/mol. The van der Waals surface area contributed by atoms with Crippen molar-refractivity contribution in [3.8, 4) is 11.5 Å². The highest BCUT2D eigenvalue weighted by Crippen LogP contribution is 2.32. The maximum Gasteiger partial charge on any atom is 0.255 e. The SMILES string of the molecule is Cc1ccc(CN(CC(=O)N/N=C/c2ccc3c(c2)OCO3)S(=O)(=O)c2c(C)cc(C)cc2C)cc1. The molecule has 36 heavy (non-hydrogen) atoms. The fourth-order valence-electron chi connectivity index (χ4n) is 4.19. The zero-order chi connectivity index (χ0) is 25.9. The molecule has 0 saturated carbocycles. The highest BCUT2D eigenvalue weighted by molar-refractivity contribution is 7.89. The van der Waals surface area contributed by atoms with Gasteiger partial charge >= 0.3 is 0 Å². The van der Waals surface area contributed by atoms with Crippen LogP contribution in [0.1, 0.15) is 33.4 Å². The Balaban J connectivity index is 1.55. The largest absolute Gasteiger partial charge is 0.454 e. The molecule has 1 N–H and O–H groups in total. The molecule has 0 atom stereocenters. The van der Waals surface area contributed by atoms with Crippen LogP contribution >= 0.6 is 0 Å². The van der Waals surface area contributed by atoms with Gasteiger partial charge in [0.05, 0.1) is 17.7 Å². The molecule has 1 aliphatic heterocycles. The van der Waals surface area contributed by atoms with E-state index in [1.165, 1.54) is 10.5 Å². The van der Waals surface area contributed by atoms with E-state index in [0.717, 1.165) is 16.7 Å². The van der Waals surface area contributed by atoms with Crippen molar-refractivity contribution in [2.24, 2.45) is 5.10 Å². The third-order valence-corrected chi connectivity index (χ3v) is 7.90. The Morgan fingerprint density at radius 1 is 0.944 bits per heavy atom. The number of hydrogen-bond acceptors (Lipinski definition) is 6. The highest BCUT2D eigenvalue weighted by Gasteiger charge is 2.30. The molecule has 0 aromatic heterocycles. The molecule has 3 aromatic carbocycles. The van der Waals surface area contributed by atoms with Crippen molar-refractivity contribution in [2.45, 2.75) is 39.1 Å². The Morgan fingerprint density at radius 3 is 2.31 bits per heavy atom. The molecule has 0 unspecified atom stereocenters. The summed E-state index contributed by atoms with van der Waals surface area (Å²) in [7, 11) is -3.98. The van der Waals surface area contributed by atoms with E-state index in [4.69, 9.17) is 9.47 Å². The molecule has 0 spiro atoms. The molecule has 0 saturated heterocycles. The van der Waals surface area contributed by atoms with Crippen molar-refractivity contribution in [2.75, 3.05) is 13.3 Å². The summed E-state index contributed by atoms with van der Waals surface area (Å²) in [6.45, 7) is 7.25. The molecule has 3 aromatic rings. The second-order valence-electron chi connectivity index (χ2n) is 8.89. The summed E-state index contributed by atoms with van der Waals surface area (Å²) in [5, 5.41) is 4.00. The van der Waals surface area contributed by atoms with Gasteiger partial charge in [0.25, 0.3) is 5.91 Å². The van der Waals surface area contributed by atoms with Crippen LogP contribution in [0.25, 0.3) is 0 Å². The maximum atomic E-state index is 13.8. The molecule has 1 aliphatic rings. The Hall–Kier alpha value is -3.69. The fourth-order valence-corrected chi connectivity index (χ4v) is 5.99. The van der Waals surface area contributed by atoms with Crippen LogP contribution < -0.4 is 14.9 Å². The lowest BCUT2D eigenvalue weighted by Gasteiger charge is -2.24. The lowest BCUT2D eigenvalue weighted by molar-refractivity contribution is -0.121. The molecule has 0 fully saturated rings. The molecule has 0 aliphatic carbocycles. The van der Waals surface area contributed by atoms with Gasteiger partial charge < -0.3 is 9.47 Å². The van der Waals surface area contributed by atoms with E-state index in [1.54, 1.807) is 32.0 Å². The number of nitrogens with zero attached hydrogens (tertiary/aromatic N) is 2. The van der Waals surface area contributed by atoms with E-state index in [2.05, 4.69) is 10.5 Å². The second-order valence-corrected chi connectivity index (χ2v) is 10.8. The number of hydrazone groups is 1. The van der Waals surface area contributed by atoms with Gasteiger partial charge in [0, 0.05) is 6.54 Å². The number of aryl methyl sites for hydroxylation is 4. The summed E-state index contributed by atoms with van der Waals surface area (Å²) in [5.74, 6) is 0.699. The Labute approximate surface area is 211 Å². The number of carbonyl (C=O) groups is 1. The summed E-state index contributed by atoms with van der Waals surface area (Å²) in [6, 6.07) is 16.5. The summed E-state index contributed by atoms with van der Waals surface area (Å²) in [6.07, 6.45) is 1.47. The number of sulfonamides is 1. The first-order chi connectivity index (χ1) is 17.1. The quantitative estimate of drug-likeness (QED) is 0.367. The van der Waals surface area contributed by atoms with Crippen LogP contribution in [0.4, 0.5) is 0 Å². The van der Waals surface area contributed by atoms with Gasteiger partial charge in [0.1, 0.15) is 0 Å². The standard InChI is InChI=1S/C27H29N3O5S/c1-18-5-7-22(8-6-18)15-30(36(32,33)27-20(3)11-19(2)12-21(27)4)16-26(31)29-28-14-23-9-10-24-25(13-23)35-17-34-24/h5-14H,15-17H2,1-4H3,(H,29,31)/b28-14+. The van der Waals surface area contributed by atoms with Crippen molar-refractivity contribution >= 4 is 22.1 Å². The average Bonchev–Trinajstić information content (AvgIpc) is 3.27. The van der Waals surface area contributed by atoms with Crippen LogP contribution in [-0.2, 0) is 21.4 Å². The number of benzene rings is 3. The maximum absolute atomic E-state index is 13.8. The lowest BCUT2D eigenvalue weighted by Crippen LogP contribution is -2.39. The van der Waals surface area contributed by atoms with Crippen LogP contribution in [-0.4, -0.2) is 38.2 Å². The first kappa shape index (κ1) is 25.4. The number of rotatable bonds is 8. The highest BCUT2D eigenvalue weighted by atomic mass is 32.2. The number of fused-ring (bicyclic) bond motifs is 1. The Bertz CT molecular complexity index is 1390. The predicted octanol–water partition coefficient (Wildman–Crippen LogP) is 3.99. The van der Waals surface area contributed by atoms with Crippen molar-refractivity contribution < 1.29 is 22.7 Å². The zero-order valence-corrected chi connectivity index (χ0v) is 21.6. The van der Waals surface area contributed by atoms with Crippen LogP contribution in [0.5, 0.6) is 11.5 Å². The molecule has 0 radical (unpaired) electrons. The van der Waals surface area contributed by atoms with Gasteiger partial charge in [-0.1, -0.05) is 47.5 Å². The van der Waals surface area contributed by atoms with Gasteiger partial charge in [-0.15, -0.1) is 0 Å². The van der Waals surface area contributed by atoms with Gasteiger partial charge in [-0.2, -0.15) is 9.41 Å². The molecule has 1 amide bonds. The molecule has 1 heterocycles. The van der Waals surface area contributed by atoms with Crippen molar-refractivity contribution in [3.05, 3.63) is 88.0 Å². The third-order valence-electron chi connectivity index (χ3n) is 5.80. The van der Waals surface area contributed by atoms with E-state index in [9.17, 15) is 13.2 Å². The molecule has 0 bridgehead atoms. The fraction of sp³-hybridized carbons (Fsp3) is 0.259. The second kappa shape index (κ2) is 10.5. The zero-order valence-electron chi connectivity index (χ0n) is 20.7. The van der Waals surface area contributed by atoms with E-state index >= 15 is 0 Å². The Kier molecular flexibility index (Phi) is 7.42. The minimum atomic E-state index is -3.98. The molecule has 188 valence electrons. The first-order valence-electron chi connectivity index (χ1n) is 11.5. The molecule has 9 heteroatoms. The average molecular weight is 508 g/mol. The lowest BCUT2D eigenvalue weighted by atomic mass is 10.1. The smallest absolute Gasteiger partial charge is 0.255 e. The summed E-state index contributed by atoms with van der Waals surface area (Å²) in [4.78, 5) is 13.0. The van der Waals surface area contributed by atoms with E-state index in [-0.39, 0.29) is 24.8 Å². The van der Waals surface area contributed by atoms with Crippen LogP contribution in [0.3, 0.4) is 0 Å². The summed E-state index contributed by atoms with van der Waals surface area (Å²) < 4.78 is 39.4. The number of amides is 1. The van der Waals surface area contributed by atoms with Gasteiger partial charge in [-0.25, -0.2) is 13.8 Å². The van der Waals surface area contributed by atoms with Crippen LogP contribution in [0.2, 0.25) is 0 Å². The van der Waals surface area contributed by atoms with E-state index in [0.29, 0.717) is 28.2 Å². The summed E-state index contributed by atoms with van der Waals surface area (Å²) >= 11 is 0. The van der Waals surface area contributed by atoms with Crippen LogP contribution in [0.15, 0.2) is 64.6 Å². The minimum absolute atomic E-state index is 0.0503. The molecular formula is C27H29N3O5S. The number of nitrogens with one attached hydrogen (secondary N) is 1. The number of hydrogen-bond donors (Lipinski definition) is 1. The molecule has 4 rings (SSSR count). The van der Waals surface area contributed by atoms with E-state index < -0.39 is 15.9 Å². The number of ether oxygens (including phenoxy) is 2. The minimum Gasteiger partial charge on any atom is -0.454 e. The first-order valence-corrected chi connectivity index (χ1v) is 12.9. The van der Waals surface area contributed by atoms with Crippen molar-refractivity contribution in [1.82, 2.24) is 9.73 Å². The van der Waals surface area contributed by atoms with Crippen LogP contribution in [0, 0.1) is 27.7 Å². The van der Waals surface area contributed by atoms with Crippen molar-refractivity contribution in [3.63, 3.8) is 0 Å². The number of carbonyl (C=O) groups excluding carboxylic acids is 1. The topological polar surface area (TPSA) is 97.3 Å².